The first-order valence-electron chi connectivity index (χ1n) is 7.18. The Morgan fingerprint density at radius 1 is 1.04 bits per heavy atom. The molecular weight excluding hydrogens is 306 g/mol. The number of carboxylic acids is 1. The number of carboxylic acid groups (broad SMARTS) is 1. The third-order valence-corrected chi connectivity index (χ3v) is 4.49. The van der Waals surface area contributed by atoms with E-state index >= 15 is 0 Å². The maximum absolute atomic E-state index is 11.5. The number of rotatable bonds is 4. The fraction of sp³-hybridized carbons (Fsp3) is 0.0526. The number of benzene rings is 2. The SMILES string of the molecule is Cc1ccc(-c2nc(/C=C/c3ccccc3)c(C(=O)O)s2)cc1. The number of thiazole rings is 1. The van der Waals surface area contributed by atoms with Gasteiger partial charge in [0.25, 0.3) is 0 Å². The minimum absolute atomic E-state index is 0.257. The monoisotopic (exact) mass is 321 g/mol. The average molecular weight is 321 g/mol. The van der Waals surface area contributed by atoms with Crippen LogP contribution in [0.15, 0.2) is 54.6 Å². The van der Waals surface area contributed by atoms with Gasteiger partial charge in [0.05, 0.1) is 5.69 Å². The van der Waals surface area contributed by atoms with E-state index in [1.807, 2.05) is 67.6 Å². The van der Waals surface area contributed by atoms with Crippen molar-refractivity contribution in [1.29, 1.82) is 0 Å². The second kappa shape index (κ2) is 6.58. The lowest BCUT2D eigenvalue weighted by atomic mass is 10.1. The van der Waals surface area contributed by atoms with Crippen LogP contribution in [0.3, 0.4) is 0 Å². The largest absolute Gasteiger partial charge is 0.477 e. The Balaban J connectivity index is 1.98. The highest BCUT2D eigenvalue weighted by atomic mass is 32.1. The molecule has 23 heavy (non-hydrogen) atoms. The van der Waals surface area contributed by atoms with Gasteiger partial charge in [0.1, 0.15) is 9.88 Å². The topological polar surface area (TPSA) is 50.2 Å². The summed E-state index contributed by atoms with van der Waals surface area (Å²) >= 11 is 1.20. The van der Waals surface area contributed by atoms with Crippen LogP contribution < -0.4 is 0 Å². The smallest absolute Gasteiger partial charge is 0.348 e. The average Bonchev–Trinajstić information content (AvgIpc) is 2.99. The van der Waals surface area contributed by atoms with Crippen LogP contribution in [0, 0.1) is 6.92 Å². The zero-order chi connectivity index (χ0) is 16.2. The van der Waals surface area contributed by atoms with Crippen molar-refractivity contribution in [2.24, 2.45) is 0 Å². The second-order valence-corrected chi connectivity index (χ2v) is 6.15. The van der Waals surface area contributed by atoms with Crippen LogP contribution in [0.1, 0.15) is 26.5 Å². The first-order valence-corrected chi connectivity index (χ1v) is 7.99. The second-order valence-electron chi connectivity index (χ2n) is 5.15. The van der Waals surface area contributed by atoms with Crippen molar-refractivity contribution in [3.8, 4) is 10.6 Å². The van der Waals surface area contributed by atoms with Gasteiger partial charge in [-0.2, -0.15) is 0 Å². The molecule has 3 rings (SSSR count). The van der Waals surface area contributed by atoms with E-state index in [4.69, 9.17) is 0 Å². The minimum Gasteiger partial charge on any atom is -0.477 e. The molecule has 114 valence electrons. The Morgan fingerprint density at radius 3 is 2.39 bits per heavy atom. The molecule has 0 unspecified atom stereocenters. The Labute approximate surface area is 138 Å². The summed E-state index contributed by atoms with van der Waals surface area (Å²) in [6.07, 6.45) is 3.63. The number of nitrogens with zero attached hydrogens (tertiary/aromatic N) is 1. The van der Waals surface area contributed by atoms with E-state index in [0.717, 1.165) is 21.7 Å². The van der Waals surface area contributed by atoms with Gasteiger partial charge in [-0.15, -0.1) is 11.3 Å². The van der Waals surface area contributed by atoms with Crippen LogP contribution in [0.2, 0.25) is 0 Å². The molecule has 1 aromatic heterocycles. The van der Waals surface area contributed by atoms with Gasteiger partial charge in [-0.3, -0.25) is 0 Å². The van der Waals surface area contributed by atoms with Crippen LogP contribution in [0.25, 0.3) is 22.7 Å². The van der Waals surface area contributed by atoms with E-state index in [-0.39, 0.29) is 4.88 Å². The van der Waals surface area contributed by atoms with Crippen molar-refractivity contribution in [2.75, 3.05) is 0 Å². The van der Waals surface area contributed by atoms with E-state index in [1.165, 1.54) is 11.3 Å². The lowest BCUT2D eigenvalue weighted by molar-refractivity contribution is 0.0701. The number of aryl methyl sites for hydroxylation is 1. The van der Waals surface area contributed by atoms with Crippen LogP contribution >= 0.6 is 11.3 Å². The highest BCUT2D eigenvalue weighted by Gasteiger charge is 2.16. The van der Waals surface area contributed by atoms with Gasteiger partial charge in [-0.1, -0.05) is 66.2 Å². The van der Waals surface area contributed by atoms with Crippen LogP contribution in [0.4, 0.5) is 0 Å². The first kappa shape index (κ1) is 15.2. The quantitative estimate of drug-likeness (QED) is 0.736. The Hall–Kier alpha value is -2.72. The molecule has 1 heterocycles. The van der Waals surface area contributed by atoms with Crippen molar-refractivity contribution in [3.63, 3.8) is 0 Å². The fourth-order valence-corrected chi connectivity index (χ4v) is 3.05. The lowest BCUT2D eigenvalue weighted by Crippen LogP contribution is -1.94. The fourth-order valence-electron chi connectivity index (χ4n) is 2.16. The number of hydrogen-bond acceptors (Lipinski definition) is 3. The molecule has 1 N–H and O–H groups in total. The van der Waals surface area contributed by atoms with E-state index in [2.05, 4.69) is 4.98 Å². The molecule has 0 saturated heterocycles. The maximum Gasteiger partial charge on any atom is 0.348 e. The first-order chi connectivity index (χ1) is 11.1. The van der Waals surface area contributed by atoms with E-state index in [1.54, 1.807) is 6.08 Å². The van der Waals surface area contributed by atoms with Gasteiger partial charge in [-0.25, -0.2) is 9.78 Å². The molecule has 0 bridgehead atoms. The van der Waals surface area contributed by atoms with E-state index in [0.29, 0.717) is 5.69 Å². The summed E-state index contributed by atoms with van der Waals surface area (Å²) in [4.78, 5) is 16.2. The van der Waals surface area contributed by atoms with E-state index in [9.17, 15) is 9.90 Å². The number of carbonyl (C=O) groups is 1. The zero-order valence-electron chi connectivity index (χ0n) is 12.6. The van der Waals surface area contributed by atoms with Crippen LogP contribution in [0.5, 0.6) is 0 Å². The van der Waals surface area contributed by atoms with Crippen molar-refractivity contribution in [3.05, 3.63) is 76.3 Å². The Morgan fingerprint density at radius 2 is 1.74 bits per heavy atom. The molecule has 0 radical (unpaired) electrons. The highest BCUT2D eigenvalue weighted by Crippen LogP contribution is 2.29. The molecule has 3 nitrogen and oxygen atoms in total. The van der Waals surface area contributed by atoms with Crippen LogP contribution in [-0.2, 0) is 0 Å². The Kier molecular flexibility index (Phi) is 4.35. The summed E-state index contributed by atoms with van der Waals surface area (Å²) in [7, 11) is 0. The molecule has 0 atom stereocenters. The predicted molar refractivity (Wildman–Crippen MR) is 94.6 cm³/mol. The van der Waals surface area contributed by atoms with Crippen molar-refractivity contribution >= 4 is 29.5 Å². The summed E-state index contributed by atoms with van der Waals surface area (Å²) in [6, 6.07) is 17.7. The molecule has 0 saturated carbocycles. The molecule has 4 heteroatoms. The van der Waals surface area contributed by atoms with Crippen LogP contribution in [-0.4, -0.2) is 16.1 Å². The normalized spacial score (nSPS) is 11.0. The predicted octanol–water partition coefficient (Wildman–Crippen LogP) is 4.99. The van der Waals surface area contributed by atoms with Gasteiger partial charge >= 0.3 is 5.97 Å². The molecule has 0 aliphatic carbocycles. The molecule has 0 aliphatic heterocycles. The number of aromatic carboxylic acids is 1. The lowest BCUT2D eigenvalue weighted by Gasteiger charge is -1.96. The van der Waals surface area contributed by atoms with Gasteiger partial charge in [0, 0.05) is 5.56 Å². The van der Waals surface area contributed by atoms with Gasteiger partial charge in [0.15, 0.2) is 0 Å². The molecule has 0 amide bonds. The van der Waals surface area contributed by atoms with E-state index < -0.39 is 5.97 Å². The third-order valence-electron chi connectivity index (χ3n) is 3.38. The summed E-state index contributed by atoms with van der Waals surface area (Å²) in [6.45, 7) is 2.02. The van der Waals surface area contributed by atoms with Gasteiger partial charge < -0.3 is 5.11 Å². The standard InChI is InChI=1S/C19H15NO2S/c1-13-7-10-15(11-8-13)18-20-16(17(23-18)19(21)22)12-9-14-5-3-2-4-6-14/h2-12H,1H3,(H,21,22)/b12-9+. The highest BCUT2D eigenvalue weighted by molar-refractivity contribution is 7.17. The third kappa shape index (κ3) is 3.55. The maximum atomic E-state index is 11.5. The number of hydrogen-bond donors (Lipinski definition) is 1. The Bertz CT molecular complexity index is 849. The van der Waals surface area contributed by atoms with Crippen molar-refractivity contribution in [1.82, 2.24) is 4.98 Å². The zero-order valence-corrected chi connectivity index (χ0v) is 13.4. The molecular formula is C19H15NO2S. The summed E-state index contributed by atoms with van der Waals surface area (Å²) in [5, 5.41) is 10.1. The van der Waals surface area contributed by atoms with Gasteiger partial charge in [0.2, 0.25) is 0 Å². The summed E-state index contributed by atoms with van der Waals surface area (Å²) < 4.78 is 0. The molecule has 0 fully saturated rings. The number of aromatic nitrogens is 1. The minimum atomic E-state index is -0.950. The molecule has 0 spiro atoms. The van der Waals surface area contributed by atoms with Gasteiger partial charge in [-0.05, 0) is 18.6 Å². The molecule has 0 aliphatic rings. The molecule has 2 aromatic carbocycles. The summed E-state index contributed by atoms with van der Waals surface area (Å²) in [5.41, 5.74) is 3.59. The van der Waals surface area contributed by atoms with Crippen molar-refractivity contribution < 1.29 is 9.90 Å². The molecule has 3 aromatic rings. The van der Waals surface area contributed by atoms with Crippen molar-refractivity contribution in [2.45, 2.75) is 6.92 Å². The summed E-state index contributed by atoms with van der Waals surface area (Å²) in [5.74, 6) is -0.950.